The second kappa shape index (κ2) is 6.81. The van der Waals surface area contributed by atoms with Gasteiger partial charge in [0.05, 0.1) is 5.60 Å². The summed E-state index contributed by atoms with van der Waals surface area (Å²) in [4.78, 5) is 15.7. The van der Waals surface area contributed by atoms with Crippen LogP contribution in [0.15, 0.2) is 30.3 Å². The molecule has 2 aliphatic rings. The minimum absolute atomic E-state index is 0.0697. The molecule has 4 nitrogen and oxygen atoms in total. The molecule has 0 radical (unpaired) electrons. The molecule has 2 fully saturated rings. The molecule has 1 amide bonds. The van der Waals surface area contributed by atoms with Gasteiger partial charge < -0.3 is 9.64 Å². The highest BCUT2D eigenvalue weighted by Crippen LogP contribution is 2.29. The van der Waals surface area contributed by atoms with Crippen molar-refractivity contribution in [2.45, 2.75) is 18.4 Å². The van der Waals surface area contributed by atoms with E-state index in [1.807, 2.05) is 13.1 Å². The van der Waals surface area contributed by atoms with Crippen LogP contribution in [0.5, 0.6) is 0 Å². The monoisotopic (exact) mass is 318 g/mol. The van der Waals surface area contributed by atoms with E-state index >= 15 is 0 Å². The number of hydrogen-bond acceptors (Lipinski definition) is 3. The summed E-state index contributed by atoms with van der Waals surface area (Å²) >= 11 is 0. The third-order valence-corrected chi connectivity index (χ3v) is 4.76. The van der Waals surface area contributed by atoms with Gasteiger partial charge in [0.1, 0.15) is 12.4 Å². The van der Waals surface area contributed by atoms with Crippen molar-refractivity contribution in [3.05, 3.63) is 41.7 Å². The Morgan fingerprint density at radius 2 is 1.96 bits per heavy atom. The number of amides is 1. The van der Waals surface area contributed by atoms with Gasteiger partial charge in [-0.25, -0.2) is 4.39 Å². The van der Waals surface area contributed by atoms with Crippen LogP contribution in [0.25, 0.3) is 6.08 Å². The lowest BCUT2D eigenvalue weighted by molar-refractivity contribution is -0.168. The maximum absolute atomic E-state index is 12.9. The molecule has 0 bridgehead atoms. The molecule has 0 atom stereocenters. The van der Waals surface area contributed by atoms with E-state index in [0.717, 1.165) is 38.0 Å². The molecule has 2 saturated heterocycles. The molecule has 3 rings (SSSR count). The molecule has 1 spiro atoms. The number of ether oxygens (including phenoxy) is 1. The Bertz CT molecular complexity index is 577. The number of morpholine rings is 1. The second-order valence-electron chi connectivity index (χ2n) is 6.48. The summed E-state index contributed by atoms with van der Waals surface area (Å²) in [5.74, 6) is -0.139. The third-order valence-electron chi connectivity index (χ3n) is 4.76. The molecular weight excluding hydrogens is 295 g/mol. The summed E-state index contributed by atoms with van der Waals surface area (Å²) in [7, 11) is 1.85. The molecule has 0 saturated carbocycles. The Morgan fingerprint density at radius 1 is 1.26 bits per heavy atom. The Labute approximate surface area is 136 Å². The fourth-order valence-corrected chi connectivity index (χ4v) is 3.25. The number of likely N-dealkylation sites (N-methyl/N-ethyl adjacent to an activating group) is 1. The molecule has 1 aromatic carbocycles. The van der Waals surface area contributed by atoms with E-state index in [2.05, 4.69) is 11.0 Å². The molecule has 124 valence electrons. The molecule has 1 aromatic rings. The van der Waals surface area contributed by atoms with Gasteiger partial charge in [0.25, 0.3) is 0 Å². The van der Waals surface area contributed by atoms with Crippen LogP contribution < -0.4 is 0 Å². The van der Waals surface area contributed by atoms with Crippen LogP contribution in [0, 0.1) is 5.82 Å². The smallest absolute Gasteiger partial charge is 0.248 e. The predicted octanol–water partition coefficient (Wildman–Crippen LogP) is 2.16. The van der Waals surface area contributed by atoms with E-state index in [1.165, 1.54) is 12.1 Å². The van der Waals surface area contributed by atoms with E-state index in [-0.39, 0.29) is 23.9 Å². The molecule has 23 heavy (non-hydrogen) atoms. The third kappa shape index (κ3) is 3.98. The van der Waals surface area contributed by atoms with Crippen molar-refractivity contribution in [1.82, 2.24) is 9.80 Å². The van der Waals surface area contributed by atoms with Gasteiger partial charge in [0.15, 0.2) is 0 Å². The first-order valence-electron chi connectivity index (χ1n) is 8.09. The van der Waals surface area contributed by atoms with Crippen molar-refractivity contribution in [3.63, 3.8) is 0 Å². The summed E-state index contributed by atoms with van der Waals surface area (Å²) < 4.78 is 18.7. The maximum Gasteiger partial charge on any atom is 0.248 e. The van der Waals surface area contributed by atoms with Crippen LogP contribution in [0.4, 0.5) is 4.39 Å². The lowest BCUT2D eigenvalue weighted by atomic mass is 9.89. The standard InChI is InChI=1S/C18H23FN2O2/c1-20-14-18(23-13-17(20)22)8-11-21(12-9-18)10-2-3-15-4-6-16(19)7-5-15/h2-7H,8-14H2,1H3. The SMILES string of the molecule is CN1CC2(CCN(CC=Cc3ccc(F)cc3)CC2)OCC1=O. The zero-order chi connectivity index (χ0) is 16.3. The second-order valence-corrected chi connectivity index (χ2v) is 6.48. The Kier molecular flexibility index (Phi) is 4.78. The summed E-state index contributed by atoms with van der Waals surface area (Å²) in [6.45, 7) is 3.72. The fraction of sp³-hybridized carbons (Fsp3) is 0.500. The predicted molar refractivity (Wildman–Crippen MR) is 87.4 cm³/mol. The van der Waals surface area contributed by atoms with Crippen molar-refractivity contribution in [3.8, 4) is 0 Å². The average molecular weight is 318 g/mol. The van der Waals surface area contributed by atoms with Gasteiger partial charge in [0, 0.05) is 33.2 Å². The largest absolute Gasteiger partial charge is 0.363 e. The van der Waals surface area contributed by atoms with Gasteiger partial charge in [-0.05, 0) is 30.5 Å². The molecule has 2 aliphatic heterocycles. The summed E-state index contributed by atoms with van der Waals surface area (Å²) in [6, 6.07) is 6.50. The van der Waals surface area contributed by atoms with E-state index in [0.29, 0.717) is 6.54 Å². The van der Waals surface area contributed by atoms with Gasteiger partial charge in [-0.1, -0.05) is 24.3 Å². The Hall–Kier alpha value is -1.72. The lowest BCUT2D eigenvalue weighted by Gasteiger charge is -2.46. The molecule has 0 aromatic heterocycles. The number of likely N-dealkylation sites (tertiary alicyclic amines) is 1. The summed E-state index contributed by atoms with van der Waals surface area (Å²) in [5.41, 5.74) is 0.857. The number of carbonyl (C=O) groups excluding carboxylic acids is 1. The van der Waals surface area contributed by atoms with Gasteiger partial charge in [0.2, 0.25) is 5.91 Å². The van der Waals surface area contributed by atoms with Crippen molar-refractivity contribution in [2.24, 2.45) is 0 Å². The lowest BCUT2D eigenvalue weighted by Crippen LogP contribution is -2.57. The van der Waals surface area contributed by atoms with Gasteiger partial charge in [-0.15, -0.1) is 0 Å². The van der Waals surface area contributed by atoms with Crippen molar-refractivity contribution in [2.75, 3.05) is 39.8 Å². The van der Waals surface area contributed by atoms with Crippen LogP contribution >= 0.6 is 0 Å². The first kappa shape index (κ1) is 16.1. The number of nitrogens with zero attached hydrogens (tertiary/aromatic N) is 2. The topological polar surface area (TPSA) is 32.8 Å². The quantitative estimate of drug-likeness (QED) is 0.856. The maximum atomic E-state index is 12.9. The highest BCUT2D eigenvalue weighted by atomic mass is 19.1. The average Bonchev–Trinajstić information content (AvgIpc) is 2.55. The van der Waals surface area contributed by atoms with Gasteiger partial charge >= 0.3 is 0 Å². The van der Waals surface area contributed by atoms with Crippen molar-refractivity contribution in [1.29, 1.82) is 0 Å². The molecule has 0 aliphatic carbocycles. The van der Waals surface area contributed by atoms with Crippen LogP contribution in [0.3, 0.4) is 0 Å². The first-order chi connectivity index (χ1) is 11.1. The van der Waals surface area contributed by atoms with Gasteiger partial charge in [-0.3, -0.25) is 9.69 Å². The summed E-state index contributed by atoms with van der Waals surface area (Å²) in [5, 5.41) is 0. The normalized spacial score (nSPS) is 22.2. The number of carbonyl (C=O) groups is 1. The number of benzene rings is 1. The van der Waals surface area contributed by atoms with E-state index in [4.69, 9.17) is 4.74 Å². The number of piperidine rings is 1. The zero-order valence-electron chi connectivity index (χ0n) is 13.5. The summed E-state index contributed by atoms with van der Waals surface area (Å²) in [6.07, 6.45) is 6.04. The number of hydrogen-bond donors (Lipinski definition) is 0. The van der Waals surface area contributed by atoms with Crippen molar-refractivity contribution >= 4 is 12.0 Å². The Balaban J connectivity index is 1.48. The van der Waals surface area contributed by atoms with E-state index in [9.17, 15) is 9.18 Å². The van der Waals surface area contributed by atoms with E-state index in [1.54, 1.807) is 17.0 Å². The van der Waals surface area contributed by atoms with Crippen molar-refractivity contribution < 1.29 is 13.9 Å². The highest BCUT2D eigenvalue weighted by Gasteiger charge is 2.40. The van der Waals surface area contributed by atoms with Crippen LogP contribution in [-0.2, 0) is 9.53 Å². The number of rotatable bonds is 3. The number of halogens is 1. The minimum Gasteiger partial charge on any atom is -0.363 e. The van der Waals surface area contributed by atoms with Crippen LogP contribution in [-0.4, -0.2) is 61.1 Å². The van der Waals surface area contributed by atoms with Crippen LogP contribution in [0.1, 0.15) is 18.4 Å². The molecule has 5 heteroatoms. The van der Waals surface area contributed by atoms with Crippen LogP contribution in [0.2, 0.25) is 0 Å². The minimum atomic E-state index is -0.209. The molecular formula is C18H23FN2O2. The van der Waals surface area contributed by atoms with E-state index < -0.39 is 0 Å². The van der Waals surface area contributed by atoms with Gasteiger partial charge in [-0.2, -0.15) is 0 Å². The Morgan fingerprint density at radius 3 is 2.61 bits per heavy atom. The highest BCUT2D eigenvalue weighted by molar-refractivity contribution is 5.78. The molecule has 0 N–H and O–H groups in total. The molecule has 0 unspecified atom stereocenters. The zero-order valence-corrected chi connectivity index (χ0v) is 13.5. The fourth-order valence-electron chi connectivity index (χ4n) is 3.25. The first-order valence-corrected chi connectivity index (χ1v) is 8.09. The molecule has 2 heterocycles.